The van der Waals surface area contributed by atoms with E-state index in [1.165, 1.54) is 11.1 Å². The maximum Gasteiger partial charge on any atom is 0.0665 e. The lowest BCUT2D eigenvalue weighted by atomic mass is 9.80. The molecule has 0 fully saturated rings. The molecule has 2 atom stereocenters. The maximum atomic E-state index is 9.11. The van der Waals surface area contributed by atoms with E-state index in [1.807, 2.05) is 0 Å². The molecule has 0 aliphatic heterocycles. The summed E-state index contributed by atoms with van der Waals surface area (Å²) in [6.45, 7) is 2.09. The van der Waals surface area contributed by atoms with Gasteiger partial charge in [0.2, 0.25) is 0 Å². The number of hydrogen-bond acceptors (Lipinski definition) is 1. The first kappa shape index (κ1) is 9.98. The van der Waals surface area contributed by atoms with Crippen molar-refractivity contribution in [2.75, 3.05) is 0 Å². The lowest BCUT2D eigenvalue weighted by molar-refractivity contribution is 0.455. The Bertz CT molecular complexity index is 412. The van der Waals surface area contributed by atoms with Crippen molar-refractivity contribution in [1.29, 1.82) is 5.26 Å². The average Bonchev–Trinajstić information content (AvgIpc) is 2.14. The summed E-state index contributed by atoms with van der Waals surface area (Å²) < 4.78 is 0. The van der Waals surface area contributed by atoms with Gasteiger partial charge < -0.3 is 0 Å². The zero-order valence-electron chi connectivity index (χ0n) is 8.98. The normalized spacial score (nSPS) is 20.4. The van der Waals surface area contributed by atoms with E-state index in [4.69, 9.17) is 5.26 Å². The van der Waals surface area contributed by atoms with Crippen LogP contribution in [0.2, 0.25) is 0 Å². The van der Waals surface area contributed by atoms with E-state index in [9.17, 15) is 0 Å². The summed E-state index contributed by atoms with van der Waals surface area (Å²) in [6.07, 6.45) is 6.26. The molecule has 76 valence electrons. The summed E-state index contributed by atoms with van der Waals surface area (Å²) in [5.74, 6) is 0.632. The number of allylic oxidation sites excluding steroid dienone is 2. The van der Waals surface area contributed by atoms with Gasteiger partial charge in [-0.1, -0.05) is 42.0 Å². The monoisotopic (exact) mass is 197 g/mol. The Kier molecular flexibility index (Phi) is 2.87. The van der Waals surface area contributed by atoms with Gasteiger partial charge in [0.05, 0.1) is 12.0 Å². The van der Waals surface area contributed by atoms with Crippen LogP contribution in [0.4, 0.5) is 0 Å². The summed E-state index contributed by atoms with van der Waals surface area (Å²) in [4.78, 5) is 0. The number of rotatable bonds is 3. The van der Waals surface area contributed by atoms with Crippen molar-refractivity contribution in [2.45, 2.75) is 19.8 Å². The largest absolute Gasteiger partial charge is 0.198 e. The van der Waals surface area contributed by atoms with Crippen molar-refractivity contribution in [1.82, 2.24) is 0 Å². The molecule has 2 rings (SSSR count). The molecule has 1 aromatic carbocycles. The molecule has 0 radical (unpaired) electrons. The molecule has 1 aromatic rings. The van der Waals surface area contributed by atoms with Crippen LogP contribution in [0.25, 0.3) is 0 Å². The van der Waals surface area contributed by atoms with Gasteiger partial charge in [0.25, 0.3) is 0 Å². The topological polar surface area (TPSA) is 23.8 Å². The van der Waals surface area contributed by atoms with Crippen molar-refractivity contribution in [3.63, 3.8) is 0 Å². The Balaban J connectivity index is 2.07. The molecule has 0 amide bonds. The zero-order valence-corrected chi connectivity index (χ0v) is 8.98. The highest BCUT2D eigenvalue weighted by molar-refractivity contribution is 5.24. The molecule has 1 aliphatic carbocycles. The lowest BCUT2D eigenvalue weighted by Crippen LogP contribution is -2.17. The molecule has 2 unspecified atom stereocenters. The van der Waals surface area contributed by atoms with Crippen LogP contribution in [0.3, 0.4) is 0 Å². The van der Waals surface area contributed by atoms with Gasteiger partial charge in [-0.3, -0.25) is 0 Å². The molecule has 0 heterocycles. The number of benzene rings is 1. The predicted octanol–water partition coefficient (Wildman–Crippen LogP) is 3.25. The molecule has 0 saturated heterocycles. The minimum Gasteiger partial charge on any atom is -0.198 e. The van der Waals surface area contributed by atoms with Crippen LogP contribution in [0.1, 0.15) is 17.5 Å². The van der Waals surface area contributed by atoms with Crippen LogP contribution in [0.15, 0.2) is 36.4 Å². The molecule has 0 saturated carbocycles. The Labute approximate surface area is 91.0 Å². The maximum absolute atomic E-state index is 9.11. The van der Waals surface area contributed by atoms with E-state index < -0.39 is 0 Å². The molecule has 0 N–H and O–H groups in total. The summed E-state index contributed by atoms with van der Waals surface area (Å²) in [7, 11) is 0. The SMILES string of the molecule is Cc1cccc(CC(C#N)C2C=CC2)c1. The molecule has 1 heteroatoms. The molecule has 15 heavy (non-hydrogen) atoms. The van der Waals surface area contributed by atoms with E-state index in [2.05, 4.69) is 49.4 Å². The van der Waals surface area contributed by atoms with Gasteiger partial charge in [-0.15, -0.1) is 0 Å². The van der Waals surface area contributed by atoms with E-state index in [1.54, 1.807) is 0 Å². The highest BCUT2D eigenvalue weighted by atomic mass is 14.3. The van der Waals surface area contributed by atoms with Crippen LogP contribution >= 0.6 is 0 Å². The van der Waals surface area contributed by atoms with E-state index >= 15 is 0 Å². The van der Waals surface area contributed by atoms with Gasteiger partial charge in [0.15, 0.2) is 0 Å². The van der Waals surface area contributed by atoms with Gasteiger partial charge in [-0.2, -0.15) is 5.26 Å². The Morgan fingerprint density at radius 1 is 1.53 bits per heavy atom. The van der Waals surface area contributed by atoms with E-state index in [0.29, 0.717) is 5.92 Å². The lowest BCUT2D eigenvalue weighted by Gasteiger charge is -2.22. The fourth-order valence-electron chi connectivity index (χ4n) is 1.98. The molecular weight excluding hydrogens is 182 g/mol. The molecule has 1 aliphatic rings. The number of hydrogen-bond donors (Lipinski definition) is 0. The fourth-order valence-corrected chi connectivity index (χ4v) is 1.98. The summed E-state index contributed by atoms with van der Waals surface area (Å²) in [6, 6.07) is 10.9. The minimum atomic E-state index is 0.150. The third kappa shape index (κ3) is 2.27. The van der Waals surface area contributed by atoms with Crippen LogP contribution in [0.5, 0.6) is 0 Å². The Morgan fingerprint density at radius 3 is 2.87 bits per heavy atom. The second-order valence-electron chi connectivity index (χ2n) is 4.26. The minimum absolute atomic E-state index is 0.150. The highest BCUT2D eigenvalue weighted by Crippen LogP contribution is 2.28. The van der Waals surface area contributed by atoms with E-state index in [0.717, 1.165) is 12.8 Å². The first-order chi connectivity index (χ1) is 7.29. The van der Waals surface area contributed by atoms with Crippen molar-refractivity contribution in [3.8, 4) is 6.07 Å². The number of aryl methyl sites for hydroxylation is 1. The van der Waals surface area contributed by atoms with Gasteiger partial charge >= 0.3 is 0 Å². The van der Waals surface area contributed by atoms with Crippen LogP contribution in [-0.4, -0.2) is 0 Å². The molecule has 0 spiro atoms. The van der Waals surface area contributed by atoms with Gasteiger partial charge in [-0.25, -0.2) is 0 Å². The first-order valence-corrected chi connectivity index (χ1v) is 5.41. The Morgan fingerprint density at radius 2 is 2.33 bits per heavy atom. The molecular formula is C14H15N. The quantitative estimate of drug-likeness (QED) is 0.682. The number of nitrogens with zero attached hydrogens (tertiary/aromatic N) is 1. The van der Waals surface area contributed by atoms with Crippen molar-refractivity contribution in [2.24, 2.45) is 11.8 Å². The van der Waals surface area contributed by atoms with Crippen LogP contribution in [0, 0.1) is 30.1 Å². The summed E-state index contributed by atoms with van der Waals surface area (Å²) in [5, 5.41) is 9.11. The first-order valence-electron chi connectivity index (χ1n) is 5.41. The van der Waals surface area contributed by atoms with Gasteiger partial charge in [0.1, 0.15) is 0 Å². The van der Waals surface area contributed by atoms with Crippen molar-refractivity contribution < 1.29 is 0 Å². The predicted molar refractivity (Wildman–Crippen MR) is 61.2 cm³/mol. The van der Waals surface area contributed by atoms with Crippen molar-refractivity contribution in [3.05, 3.63) is 47.5 Å². The molecule has 1 nitrogen and oxygen atoms in total. The fraction of sp³-hybridized carbons (Fsp3) is 0.357. The third-order valence-corrected chi connectivity index (χ3v) is 3.01. The van der Waals surface area contributed by atoms with E-state index in [-0.39, 0.29) is 5.92 Å². The highest BCUT2D eigenvalue weighted by Gasteiger charge is 2.22. The zero-order chi connectivity index (χ0) is 10.7. The average molecular weight is 197 g/mol. The van der Waals surface area contributed by atoms with Crippen LogP contribution in [-0.2, 0) is 6.42 Å². The molecule has 0 bridgehead atoms. The smallest absolute Gasteiger partial charge is 0.0665 e. The second-order valence-corrected chi connectivity index (χ2v) is 4.26. The van der Waals surface area contributed by atoms with Gasteiger partial charge in [0, 0.05) is 0 Å². The second kappa shape index (κ2) is 4.31. The third-order valence-electron chi connectivity index (χ3n) is 3.01. The summed E-state index contributed by atoms with van der Waals surface area (Å²) >= 11 is 0. The summed E-state index contributed by atoms with van der Waals surface area (Å²) in [5.41, 5.74) is 2.55. The Hall–Kier alpha value is -1.55. The van der Waals surface area contributed by atoms with Gasteiger partial charge in [-0.05, 0) is 31.2 Å². The van der Waals surface area contributed by atoms with Crippen molar-refractivity contribution >= 4 is 0 Å². The standard InChI is InChI=1S/C14H15N/c1-11-4-2-5-12(8-11)9-14(10-15)13-6-3-7-13/h2-6,8,13-14H,7,9H2,1H3. The number of nitriles is 1. The molecule has 0 aromatic heterocycles. The van der Waals surface area contributed by atoms with Crippen LogP contribution < -0.4 is 0 Å².